The second kappa shape index (κ2) is 6.08. The number of nitrogens with zero attached hydrogens (tertiary/aromatic N) is 2. The minimum absolute atomic E-state index is 0.389. The number of aromatic nitrogens is 2. The number of hydrogen-bond acceptors (Lipinski definition) is 4. The van der Waals surface area contributed by atoms with Gasteiger partial charge in [0, 0.05) is 17.5 Å². The van der Waals surface area contributed by atoms with Crippen LogP contribution in [-0.4, -0.2) is 23.2 Å². The van der Waals surface area contributed by atoms with Gasteiger partial charge < -0.3 is 9.47 Å². The molecule has 6 heteroatoms. The third-order valence-electron chi connectivity index (χ3n) is 3.27. The molecule has 2 aromatic rings. The van der Waals surface area contributed by atoms with E-state index in [1.54, 1.807) is 0 Å². The molecule has 1 aromatic carbocycles. The molecule has 0 spiro atoms. The van der Waals surface area contributed by atoms with E-state index in [1.807, 2.05) is 25.1 Å². The highest BCUT2D eigenvalue weighted by Crippen LogP contribution is 2.34. The van der Waals surface area contributed by atoms with Crippen LogP contribution in [0.15, 0.2) is 18.2 Å². The minimum Gasteiger partial charge on any atom is -0.490 e. The fourth-order valence-electron chi connectivity index (χ4n) is 2.15. The molecule has 1 aliphatic rings. The summed E-state index contributed by atoms with van der Waals surface area (Å²) in [5, 5.41) is 0.777. The first-order valence-corrected chi connectivity index (χ1v) is 7.56. The van der Waals surface area contributed by atoms with Crippen molar-refractivity contribution in [3.8, 4) is 22.9 Å². The summed E-state index contributed by atoms with van der Waals surface area (Å²) >= 11 is 12.3. The number of rotatable bonds is 2. The molecule has 0 amide bonds. The Labute approximate surface area is 133 Å². The average molecular weight is 325 g/mol. The van der Waals surface area contributed by atoms with Gasteiger partial charge in [0.05, 0.1) is 13.2 Å². The Morgan fingerprint density at radius 1 is 1.05 bits per heavy atom. The van der Waals surface area contributed by atoms with Crippen LogP contribution in [-0.2, 0) is 6.42 Å². The molecule has 0 saturated carbocycles. The highest BCUT2D eigenvalue weighted by atomic mass is 35.5. The summed E-state index contributed by atoms with van der Waals surface area (Å²) in [5.41, 5.74) is 1.56. The Kier molecular flexibility index (Phi) is 4.17. The van der Waals surface area contributed by atoms with Crippen molar-refractivity contribution in [2.75, 3.05) is 13.2 Å². The van der Waals surface area contributed by atoms with Crippen molar-refractivity contribution in [3.63, 3.8) is 0 Å². The van der Waals surface area contributed by atoms with Gasteiger partial charge in [-0.05, 0) is 24.6 Å². The first-order chi connectivity index (χ1) is 10.2. The molecule has 0 unspecified atom stereocenters. The van der Waals surface area contributed by atoms with Crippen LogP contribution < -0.4 is 9.47 Å². The number of ether oxygens (including phenoxy) is 2. The van der Waals surface area contributed by atoms with Gasteiger partial charge >= 0.3 is 0 Å². The van der Waals surface area contributed by atoms with Crippen LogP contribution in [0.4, 0.5) is 0 Å². The second-order valence-electron chi connectivity index (χ2n) is 4.67. The molecule has 0 N–H and O–H groups in total. The van der Waals surface area contributed by atoms with Gasteiger partial charge in [0.25, 0.3) is 0 Å². The summed E-state index contributed by atoms with van der Waals surface area (Å²) in [6.07, 6.45) is 1.56. The van der Waals surface area contributed by atoms with Gasteiger partial charge in [0.1, 0.15) is 10.3 Å². The van der Waals surface area contributed by atoms with Crippen LogP contribution in [0.2, 0.25) is 10.3 Å². The zero-order valence-corrected chi connectivity index (χ0v) is 13.0. The molecule has 21 heavy (non-hydrogen) atoms. The Balaban J connectivity index is 2.03. The standard InChI is InChI=1S/C15H14Cl2N2O2/c1-2-10-13(16)18-15(19-14(10)17)9-4-5-11-12(8-9)21-7-3-6-20-11/h4-5,8H,2-3,6-7H2,1H3. The van der Waals surface area contributed by atoms with Crippen LogP contribution in [0.25, 0.3) is 11.4 Å². The van der Waals surface area contributed by atoms with E-state index in [9.17, 15) is 0 Å². The lowest BCUT2D eigenvalue weighted by atomic mass is 10.2. The van der Waals surface area contributed by atoms with E-state index in [0.29, 0.717) is 41.5 Å². The van der Waals surface area contributed by atoms with E-state index in [2.05, 4.69) is 9.97 Å². The van der Waals surface area contributed by atoms with E-state index >= 15 is 0 Å². The van der Waals surface area contributed by atoms with E-state index in [1.165, 1.54) is 0 Å². The Hall–Kier alpha value is -1.52. The molecule has 3 rings (SSSR count). The Morgan fingerprint density at radius 3 is 2.38 bits per heavy atom. The summed E-state index contributed by atoms with van der Waals surface area (Å²) in [5.74, 6) is 1.91. The predicted octanol–water partition coefficient (Wildman–Crippen LogP) is 4.17. The molecule has 0 radical (unpaired) electrons. The largest absolute Gasteiger partial charge is 0.490 e. The van der Waals surface area contributed by atoms with Gasteiger partial charge in [-0.2, -0.15) is 0 Å². The Morgan fingerprint density at radius 2 is 1.71 bits per heavy atom. The molecular weight excluding hydrogens is 311 g/mol. The maximum atomic E-state index is 6.16. The monoisotopic (exact) mass is 324 g/mol. The highest BCUT2D eigenvalue weighted by molar-refractivity contribution is 6.34. The topological polar surface area (TPSA) is 44.2 Å². The van der Waals surface area contributed by atoms with Crippen molar-refractivity contribution in [3.05, 3.63) is 34.1 Å². The van der Waals surface area contributed by atoms with Crippen molar-refractivity contribution >= 4 is 23.2 Å². The van der Waals surface area contributed by atoms with Crippen molar-refractivity contribution in [1.82, 2.24) is 9.97 Å². The van der Waals surface area contributed by atoms with Crippen molar-refractivity contribution in [1.29, 1.82) is 0 Å². The highest BCUT2D eigenvalue weighted by Gasteiger charge is 2.15. The van der Waals surface area contributed by atoms with Crippen LogP contribution >= 0.6 is 23.2 Å². The third-order valence-corrected chi connectivity index (χ3v) is 3.89. The summed E-state index contributed by atoms with van der Waals surface area (Å²) in [6, 6.07) is 5.59. The summed E-state index contributed by atoms with van der Waals surface area (Å²) in [6.45, 7) is 3.25. The molecule has 0 fully saturated rings. The fourth-order valence-corrected chi connectivity index (χ4v) is 2.81. The van der Waals surface area contributed by atoms with Crippen molar-refractivity contribution in [2.45, 2.75) is 19.8 Å². The molecule has 0 bridgehead atoms. The lowest BCUT2D eigenvalue weighted by molar-refractivity contribution is 0.297. The number of hydrogen-bond donors (Lipinski definition) is 0. The van der Waals surface area contributed by atoms with Gasteiger partial charge in [0.15, 0.2) is 17.3 Å². The quantitative estimate of drug-likeness (QED) is 0.777. The van der Waals surface area contributed by atoms with E-state index in [-0.39, 0.29) is 0 Å². The summed E-state index contributed by atoms with van der Waals surface area (Å²) in [7, 11) is 0. The predicted molar refractivity (Wildman–Crippen MR) is 82.5 cm³/mol. The minimum atomic E-state index is 0.389. The normalized spacial score (nSPS) is 13.9. The maximum absolute atomic E-state index is 6.16. The third kappa shape index (κ3) is 2.92. The molecular formula is C15H14Cl2N2O2. The molecule has 110 valence electrons. The average Bonchev–Trinajstić information content (AvgIpc) is 2.71. The molecule has 1 aliphatic heterocycles. The molecule has 0 saturated heterocycles. The van der Waals surface area contributed by atoms with Crippen LogP contribution in [0, 0.1) is 0 Å². The van der Waals surface area contributed by atoms with Gasteiger partial charge in [0.2, 0.25) is 0 Å². The van der Waals surface area contributed by atoms with Gasteiger partial charge in [-0.15, -0.1) is 0 Å². The van der Waals surface area contributed by atoms with Crippen LogP contribution in [0.3, 0.4) is 0 Å². The first-order valence-electron chi connectivity index (χ1n) is 6.81. The molecule has 1 aromatic heterocycles. The van der Waals surface area contributed by atoms with E-state index in [4.69, 9.17) is 32.7 Å². The van der Waals surface area contributed by atoms with Crippen molar-refractivity contribution < 1.29 is 9.47 Å². The van der Waals surface area contributed by atoms with Crippen molar-refractivity contribution in [2.24, 2.45) is 0 Å². The molecule has 0 aliphatic carbocycles. The van der Waals surface area contributed by atoms with Crippen LogP contribution in [0.5, 0.6) is 11.5 Å². The molecule has 2 heterocycles. The summed E-state index contributed by atoms with van der Waals surface area (Å²) in [4.78, 5) is 8.64. The lowest BCUT2D eigenvalue weighted by Gasteiger charge is -2.10. The first kappa shape index (κ1) is 14.4. The molecule has 4 nitrogen and oxygen atoms in total. The summed E-state index contributed by atoms with van der Waals surface area (Å²) < 4.78 is 11.3. The fraction of sp³-hybridized carbons (Fsp3) is 0.333. The maximum Gasteiger partial charge on any atom is 0.162 e. The van der Waals surface area contributed by atoms with Gasteiger partial charge in [-0.3, -0.25) is 0 Å². The smallest absolute Gasteiger partial charge is 0.162 e. The zero-order chi connectivity index (χ0) is 14.8. The second-order valence-corrected chi connectivity index (χ2v) is 5.39. The van der Waals surface area contributed by atoms with Crippen LogP contribution in [0.1, 0.15) is 18.9 Å². The number of benzene rings is 1. The van der Waals surface area contributed by atoms with Gasteiger partial charge in [-0.25, -0.2) is 9.97 Å². The lowest BCUT2D eigenvalue weighted by Crippen LogP contribution is -1.98. The Bertz CT molecular complexity index is 654. The molecule has 0 atom stereocenters. The zero-order valence-electron chi connectivity index (χ0n) is 11.5. The van der Waals surface area contributed by atoms with Gasteiger partial charge in [-0.1, -0.05) is 30.1 Å². The van der Waals surface area contributed by atoms with E-state index in [0.717, 1.165) is 23.3 Å². The number of halogens is 2. The number of fused-ring (bicyclic) bond motifs is 1. The SMILES string of the molecule is CCc1c(Cl)nc(-c2ccc3c(c2)OCCCO3)nc1Cl. The van der Waals surface area contributed by atoms with E-state index < -0.39 is 0 Å².